The molecule has 100 valence electrons. The van der Waals surface area contributed by atoms with Crippen LogP contribution < -0.4 is 4.74 Å². The van der Waals surface area contributed by atoms with Gasteiger partial charge in [-0.15, -0.1) is 0 Å². The lowest BCUT2D eigenvalue weighted by Gasteiger charge is -2.14. The molecule has 18 heavy (non-hydrogen) atoms. The fraction of sp³-hybridized carbons (Fsp3) is 0.500. The number of carboxylic acid groups (broad SMARTS) is 1. The minimum Gasteiger partial charge on any atom is -0.490 e. The lowest BCUT2D eigenvalue weighted by atomic mass is 10.0. The predicted octanol–water partition coefficient (Wildman–Crippen LogP) is 2.68. The lowest BCUT2D eigenvalue weighted by molar-refractivity contribution is -0.152. The summed E-state index contributed by atoms with van der Waals surface area (Å²) in [4.78, 5) is 10.8. The third-order valence-electron chi connectivity index (χ3n) is 2.59. The Labute approximate surface area is 108 Å². The zero-order chi connectivity index (χ0) is 13.5. The summed E-state index contributed by atoms with van der Waals surface area (Å²) in [6.45, 7) is 6.36. The maximum absolute atomic E-state index is 10.8. The zero-order valence-corrected chi connectivity index (χ0v) is 11.1. The molecular weight excluding hydrogens is 232 g/mol. The summed E-state index contributed by atoms with van der Waals surface area (Å²) in [6, 6.07) is 7.66. The van der Waals surface area contributed by atoms with Gasteiger partial charge in [-0.25, -0.2) is 4.79 Å². The standard InChI is InChI=1S/C14H20O4/c1-4-17-13(14(15)16)9-18-12-7-5-11(6-8-12)10(2)3/h5-8,10,13H,4,9H2,1-3H3,(H,15,16). The molecule has 0 heterocycles. The largest absolute Gasteiger partial charge is 0.490 e. The van der Waals surface area contributed by atoms with Crippen LogP contribution in [-0.2, 0) is 9.53 Å². The van der Waals surface area contributed by atoms with Gasteiger partial charge in [0.25, 0.3) is 0 Å². The van der Waals surface area contributed by atoms with Crippen molar-refractivity contribution in [3.05, 3.63) is 29.8 Å². The number of benzene rings is 1. The maximum atomic E-state index is 10.8. The highest BCUT2D eigenvalue weighted by Gasteiger charge is 2.18. The summed E-state index contributed by atoms with van der Waals surface area (Å²) < 4.78 is 10.5. The van der Waals surface area contributed by atoms with E-state index in [1.54, 1.807) is 6.92 Å². The topological polar surface area (TPSA) is 55.8 Å². The molecule has 1 rings (SSSR count). The van der Waals surface area contributed by atoms with Gasteiger partial charge in [0, 0.05) is 6.61 Å². The minimum absolute atomic E-state index is 0.0181. The second-order valence-electron chi connectivity index (χ2n) is 4.32. The summed E-state index contributed by atoms with van der Waals surface area (Å²) in [5.74, 6) is 0.121. The van der Waals surface area contributed by atoms with Gasteiger partial charge in [0.1, 0.15) is 12.4 Å². The van der Waals surface area contributed by atoms with Crippen molar-refractivity contribution in [2.45, 2.75) is 32.8 Å². The smallest absolute Gasteiger partial charge is 0.336 e. The monoisotopic (exact) mass is 252 g/mol. The second-order valence-corrected chi connectivity index (χ2v) is 4.32. The summed E-state index contributed by atoms with van der Waals surface area (Å²) in [5, 5.41) is 8.89. The fourth-order valence-electron chi connectivity index (χ4n) is 1.51. The van der Waals surface area contributed by atoms with Crippen molar-refractivity contribution >= 4 is 5.97 Å². The Bertz CT molecular complexity index is 370. The zero-order valence-electron chi connectivity index (χ0n) is 11.1. The maximum Gasteiger partial charge on any atom is 0.336 e. The van der Waals surface area contributed by atoms with Crippen molar-refractivity contribution in [2.75, 3.05) is 13.2 Å². The van der Waals surface area contributed by atoms with Crippen LogP contribution in [0.5, 0.6) is 5.75 Å². The molecule has 1 atom stereocenters. The third kappa shape index (κ3) is 4.37. The summed E-state index contributed by atoms with van der Waals surface area (Å²) >= 11 is 0. The van der Waals surface area contributed by atoms with E-state index in [1.807, 2.05) is 24.3 Å². The molecule has 0 bridgehead atoms. The van der Waals surface area contributed by atoms with E-state index in [4.69, 9.17) is 14.6 Å². The summed E-state index contributed by atoms with van der Waals surface area (Å²) in [6.07, 6.45) is -0.917. The van der Waals surface area contributed by atoms with Crippen LogP contribution >= 0.6 is 0 Å². The van der Waals surface area contributed by atoms with E-state index < -0.39 is 12.1 Å². The van der Waals surface area contributed by atoms with Gasteiger partial charge < -0.3 is 14.6 Å². The minimum atomic E-state index is -1.00. The van der Waals surface area contributed by atoms with Crippen molar-refractivity contribution in [3.63, 3.8) is 0 Å². The van der Waals surface area contributed by atoms with Crippen LogP contribution in [0.2, 0.25) is 0 Å². The Balaban J connectivity index is 2.54. The van der Waals surface area contributed by atoms with Crippen LogP contribution in [-0.4, -0.2) is 30.4 Å². The van der Waals surface area contributed by atoms with Crippen LogP contribution in [0.25, 0.3) is 0 Å². The first-order valence-corrected chi connectivity index (χ1v) is 6.11. The van der Waals surface area contributed by atoms with Crippen molar-refractivity contribution in [3.8, 4) is 5.75 Å². The van der Waals surface area contributed by atoms with E-state index in [0.29, 0.717) is 18.3 Å². The summed E-state index contributed by atoms with van der Waals surface area (Å²) in [7, 11) is 0. The molecule has 0 radical (unpaired) electrons. The van der Waals surface area contributed by atoms with Gasteiger partial charge in [0.15, 0.2) is 6.10 Å². The van der Waals surface area contributed by atoms with Crippen LogP contribution in [0.4, 0.5) is 0 Å². The molecule has 0 aliphatic rings. The number of hydrogen-bond acceptors (Lipinski definition) is 3. The molecule has 0 amide bonds. The quantitative estimate of drug-likeness (QED) is 0.810. The van der Waals surface area contributed by atoms with Gasteiger partial charge in [-0.2, -0.15) is 0 Å². The molecule has 4 nitrogen and oxygen atoms in total. The number of rotatable bonds is 7. The van der Waals surface area contributed by atoms with Crippen LogP contribution in [0.3, 0.4) is 0 Å². The van der Waals surface area contributed by atoms with Crippen molar-refractivity contribution < 1.29 is 19.4 Å². The van der Waals surface area contributed by atoms with Gasteiger partial charge >= 0.3 is 5.97 Å². The van der Waals surface area contributed by atoms with Gasteiger partial charge in [-0.05, 0) is 30.5 Å². The van der Waals surface area contributed by atoms with Crippen molar-refractivity contribution in [2.24, 2.45) is 0 Å². The van der Waals surface area contributed by atoms with E-state index >= 15 is 0 Å². The molecule has 1 aromatic carbocycles. The van der Waals surface area contributed by atoms with Gasteiger partial charge in [0.05, 0.1) is 0 Å². The molecule has 0 saturated carbocycles. The molecule has 0 aliphatic carbocycles. The normalized spacial score (nSPS) is 12.4. The molecule has 0 saturated heterocycles. The molecule has 0 fully saturated rings. The Kier molecular flexibility index (Phi) is 5.65. The first-order valence-electron chi connectivity index (χ1n) is 6.11. The second kappa shape index (κ2) is 7.01. The highest BCUT2D eigenvalue weighted by molar-refractivity contribution is 5.72. The highest BCUT2D eigenvalue weighted by atomic mass is 16.5. The number of ether oxygens (including phenoxy) is 2. The fourth-order valence-corrected chi connectivity index (χ4v) is 1.51. The molecule has 0 spiro atoms. The summed E-state index contributed by atoms with van der Waals surface area (Å²) in [5.41, 5.74) is 1.22. The van der Waals surface area contributed by atoms with Crippen LogP contribution in [0.1, 0.15) is 32.3 Å². The Morgan fingerprint density at radius 2 is 1.89 bits per heavy atom. The van der Waals surface area contributed by atoms with E-state index in [1.165, 1.54) is 5.56 Å². The first kappa shape index (κ1) is 14.5. The molecule has 4 heteroatoms. The van der Waals surface area contributed by atoms with Gasteiger partial charge in [-0.3, -0.25) is 0 Å². The van der Waals surface area contributed by atoms with E-state index in [2.05, 4.69) is 13.8 Å². The average Bonchev–Trinajstić information content (AvgIpc) is 2.34. The Morgan fingerprint density at radius 1 is 1.28 bits per heavy atom. The average molecular weight is 252 g/mol. The van der Waals surface area contributed by atoms with E-state index in [0.717, 1.165) is 0 Å². The van der Waals surface area contributed by atoms with Crippen LogP contribution in [0.15, 0.2) is 24.3 Å². The lowest BCUT2D eigenvalue weighted by Crippen LogP contribution is -2.30. The molecule has 1 aromatic rings. The third-order valence-corrected chi connectivity index (χ3v) is 2.59. The van der Waals surface area contributed by atoms with E-state index in [9.17, 15) is 4.79 Å². The van der Waals surface area contributed by atoms with Gasteiger partial charge in [0.2, 0.25) is 0 Å². The molecule has 1 N–H and O–H groups in total. The van der Waals surface area contributed by atoms with Crippen molar-refractivity contribution in [1.82, 2.24) is 0 Å². The Morgan fingerprint density at radius 3 is 2.33 bits per heavy atom. The molecular formula is C14H20O4. The van der Waals surface area contributed by atoms with Gasteiger partial charge in [-0.1, -0.05) is 26.0 Å². The highest BCUT2D eigenvalue weighted by Crippen LogP contribution is 2.18. The molecule has 0 aliphatic heterocycles. The van der Waals surface area contributed by atoms with Crippen molar-refractivity contribution in [1.29, 1.82) is 0 Å². The molecule has 0 aromatic heterocycles. The number of carboxylic acids is 1. The van der Waals surface area contributed by atoms with Crippen LogP contribution in [0, 0.1) is 0 Å². The number of carbonyl (C=O) groups is 1. The number of aliphatic carboxylic acids is 1. The molecule has 1 unspecified atom stereocenters. The number of hydrogen-bond donors (Lipinski definition) is 1. The SMILES string of the molecule is CCOC(COc1ccc(C(C)C)cc1)C(=O)O. The first-order chi connectivity index (χ1) is 8.54. The predicted molar refractivity (Wildman–Crippen MR) is 69.1 cm³/mol. The van der Waals surface area contributed by atoms with E-state index in [-0.39, 0.29) is 6.61 Å². The Hall–Kier alpha value is -1.55.